The smallest absolute Gasteiger partial charge is 0.188 e. The Kier molecular flexibility index (Phi) is 4.60. The largest absolute Gasteiger partial charge is 0.382 e. The standard InChI is InChI=1S/C15H17NO3/c1-11-3-4-12-9-13(5-6-14(12)16-11)15(17)10-19-8-7-18-2/h3-6,9H,7-8,10H2,1-2H3. The summed E-state index contributed by atoms with van der Waals surface area (Å²) in [6.07, 6.45) is 0. The van der Waals surface area contributed by atoms with E-state index >= 15 is 0 Å². The molecule has 1 aromatic heterocycles. The lowest BCUT2D eigenvalue weighted by Gasteiger charge is -2.05. The van der Waals surface area contributed by atoms with Crippen molar-refractivity contribution < 1.29 is 14.3 Å². The van der Waals surface area contributed by atoms with Crippen molar-refractivity contribution in [3.05, 3.63) is 41.6 Å². The highest BCUT2D eigenvalue weighted by atomic mass is 16.5. The Labute approximate surface area is 112 Å². The topological polar surface area (TPSA) is 48.4 Å². The van der Waals surface area contributed by atoms with Gasteiger partial charge < -0.3 is 9.47 Å². The molecule has 0 unspecified atom stereocenters. The molecular weight excluding hydrogens is 242 g/mol. The highest BCUT2D eigenvalue weighted by Gasteiger charge is 2.07. The minimum absolute atomic E-state index is 0.0291. The summed E-state index contributed by atoms with van der Waals surface area (Å²) in [5.74, 6) is -0.0291. The number of carbonyl (C=O) groups is 1. The number of aryl methyl sites for hydroxylation is 1. The van der Waals surface area contributed by atoms with Crippen LogP contribution in [0.3, 0.4) is 0 Å². The van der Waals surface area contributed by atoms with E-state index in [1.54, 1.807) is 13.2 Å². The molecule has 0 amide bonds. The average molecular weight is 259 g/mol. The van der Waals surface area contributed by atoms with E-state index in [0.717, 1.165) is 16.6 Å². The Morgan fingerprint density at radius 1 is 1.21 bits per heavy atom. The Balaban J connectivity index is 2.08. The molecule has 0 saturated heterocycles. The minimum Gasteiger partial charge on any atom is -0.382 e. The zero-order chi connectivity index (χ0) is 13.7. The lowest BCUT2D eigenvalue weighted by Crippen LogP contribution is -2.12. The summed E-state index contributed by atoms with van der Waals surface area (Å²) in [4.78, 5) is 16.3. The van der Waals surface area contributed by atoms with E-state index < -0.39 is 0 Å². The van der Waals surface area contributed by atoms with Gasteiger partial charge in [0, 0.05) is 23.8 Å². The first-order chi connectivity index (χ1) is 9.20. The van der Waals surface area contributed by atoms with Gasteiger partial charge in [0.05, 0.1) is 18.7 Å². The van der Waals surface area contributed by atoms with Crippen molar-refractivity contribution in [2.24, 2.45) is 0 Å². The number of fused-ring (bicyclic) bond motifs is 1. The maximum absolute atomic E-state index is 11.9. The second kappa shape index (κ2) is 6.41. The van der Waals surface area contributed by atoms with Crippen LogP contribution < -0.4 is 0 Å². The molecule has 0 fully saturated rings. The molecule has 4 heteroatoms. The Morgan fingerprint density at radius 2 is 2.05 bits per heavy atom. The molecule has 0 N–H and O–H groups in total. The summed E-state index contributed by atoms with van der Waals surface area (Å²) in [5.41, 5.74) is 2.52. The number of Topliss-reactive ketones (excluding diaryl/α,β-unsaturated/α-hetero) is 1. The van der Waals surface area contributed by atoms with Gasteiger partial charge in [-0.1, -0.05) is 6.07 Å². The van der Waals surface area contributed by atoms with Crippen molar-refractivity contribution >= 4 is 16.7 Å². The van der Waals surface area contributed by atoms with Gasteiger partial charge in [-0.25, -0.2) is 0 Å². The molecule has 0 aliphatic heterocycles. The van der Waals surface area contributed by atoms with E-state index in [1.165, 1.54) is 0 Å². The first-order valence-corrected chi connectivity index (χ1v) is 6.18. The molecule has 0 atom stereocenters. The number of carbonyl (C=O) groups excluding carboxylic acids is 1. The number of nitrogens with zero attached hydrogens (tertiary/aromatic N) is 1. The fourth-order valence-corrected chi connectivity index (χ4v) is 1.79. The first kappa shape index (κ1) is 13.6. The quantitative estimate of drug-likeness (QED) is 0.590. The van der Waals surface area contributed by atoms with Crippen LogP contribution in [0.15, 0.2) is 30.3 Å². The lowest BCUT2D eigenvalue weighted by atomic mass is 10.1. The van der Waals surface area contributed by atoms with E-state index in [4.69, 9.17) is 9.47 Å². The van der Waals surface area contributed by atoms with Gasteiger partial charge in [-0.3, -0.25) is 9.78 Å². The molecule has 2 rings (SSSR count). The van der Waals surface area contributed by atoms with Crippen molar-refractivity contribution in [1.82, 2.24) is 4.98 Å². The van der Waals surface area contributed by atoms with E-state index in [-0.39, 0.29) is 12.4 Å². The predicted octanol–water partition coefficient (Wildman–Crippen LogP) is 2.39. The van der Waals surface area contributed by atoms with E-state index in [1.807, 2.05) is 31.2 Å². The van der Waals surface area contributed by atoms with Crippen LogP contribution in [0.1, 0.15) is 16.1 Å². The molecule has 1 aromatic carbocycles. The van der Waals surface area contributed by atoms with Gasteiger partial charge in [0.25, 0.3) is 0 Å². The maximum atomic E-state index is 11.9. The molecule has 100 valence electrons. The fraction of sp³-hybridized carbons (Fsp3) is 0.333. The third-order valence-electron chi connectivity index (χ3n) is 2.82. The molecule has 0 radical (unpaired) electrons. The molecule has 0 saturated carbocycles. The average Bonchev–Trinajstić information content (AvgIpc) is 2.42. The summed E-state index contributed by atoms with van der Waals surface area (Å²) in [6.45, 7) is 2.95. The monoisotopic (exact) mass is 259 g/mol. The van der Waals surface area contributed by atoms with Crippen molar-refractivity contribution in [1.29, 1.82) is 0 Å². The fourth-order valence-electron chi connectivity index (χ4n) is 1.79. The van der Waals surface area contributed by atoms with E-state index in [0.29, 0.717) is 18.8 Å². The van der Waals surface area contributed by atoms with Crippen molar-refractivity contribution in [3.63, 3.8) is 0 Å². The Morgan fingerprint density at radius 3 is 2.84 bits per heavy atom. The molecule has 0 aliphatic carbocycles. The number of ketones is 1. The second-order valence-corrected chi connectivity index (χ2v) is 4.33. The minimum atomic E-state index is -0.0291. The van der Waals surface area contributed by atoms with Crippen molar-refractivity contribution in [3.8, 4) is 0 Å². The SMILES string of the molecule is COCCOCC(=O)c1ccc2nc(C)ccc2c1. The van der Waals surface area contributed by atoms with Crippen LogP contribution in [0, 0.1) is 6.92 Å². The van der Waals surface area contributed by atoms with Gasteiger partial charge in [0.15, 0.2) is 5.78 Å². The third kappa shape index (κ3) is 3.59. The zero-order valence-corrected chi connectivity index (χ0v) is 11.2. The van der Waals surface area contributed by atoms with Crippen LogP contribution in [0.4, 0.5) is 0 Å². The number of ether oxygens (including phenoxy) is 2. The van der Waals surface area contributed by atoms with E-state index in [2.05, 4.69) is 4.98 Å². The maximum Gasteiger partial charge on any atom is 0.188 e. The number of benzene rings is 1. The Hall–Kier alpha value is -1.78. The first-order valence-electron chi connectivity index (χ1n) is 6.18. The molecule has 2 aromatic rings. The van der Waals surface area contributed by atoms with Gasteiger partial charge in [0.1, 0.15) is 6.61 Å². The molecule has 4 nitrogen and oxygen atoms in total. The van der Waals surface area contributed by atoms with Gasteiger partial charge in [0.2, 0.25) is 0 Å². The molecule has 19 heavy (non-hydrogen) atoms. The molecule has 0 bridgehead atoms. The lowest BCUT2D eigenvalue weighted by molar-refractivity contribution is 0.0577. The Bertz CT molecular complexity index is 581. The van der Waals surface area contributed by atoms with Crippen LogP contribution in [0.2, 0.25) is 0 Å². The highest BCUT2D eigenvalue weighted by Crippen LogP contribution is 2.15. The number of hydrogen-bond donors (Lipinski definition) is 0. The number of pyridine rings is 1. The van der Waals surface area contributed by atoms with Crippen LogP contribution >= 0.6 is 0 Å². The predicted molar refractivity (Wildman–Crippen MR) is 73.5 cm³/mol. The van der Waals surface area contributed by atoms with Crippen LogP contribution in [0.25, 0.3) is 10.9 Å². The highest BCUT2D eigenvalue weighted by molar-refractivity contribution is 6.00. The number of methoxy groups -OCH3 is 1. The molecule has 1 heterocycles. The molecule has 0 aliphatic rings. The van der Waals surface area contributed by atoms with Gasteiger partial charge in [-0.2, -0.15) is 0 Å². The zero-order valence-electron chi connectivity index (χ0n) is 11.2. The van der Waals surface area contributed by atoms with E-state index in [9.17, 15) is 4.79 Å². The third-order valence-corrected chi connectivity index (χ3v) is 2.82. The van der Waals surface area contributed by atoms with Crippen LogP contribution in [-0.4, -0.2) is 37.7 Å². The summed E-state index contributed by atoms with van der Waals surface area (Å²) >= 11 is 0. The summed E-state index contributed by atoms with van der Waals surface area (Å²) in [6, 6.07) is 9.41. The summed E-state index contributed by atoms with van der Waals surface area (Å²) in [5, 5.41) is 0.966. The summed E-state index contributed by atoms with van der Waals surface area (Å²) in [7, 11) is 1.60. The van der Waals surface area contributed by atoms with Crippen LogP contribution in [0.5, 0.6) is 0 Å². The number of rotatable bonds is 6. The summed E-state index contributed by atoms with van der Waals surface area (Å²) < 4.78 is 10.1. The number of aromatic nitrogens is 1. The normalized spacial score (nSPS) is 10.8. The van der Waals surface area contributed by atoms with Crippen molar-refractivity contribution in [2.45, 2.75) is 6.92 Å². The second-order valence-electron chi connectivity index (χ2n) is 4.33. The molecule has 0 spiro atoms. The van der Waals surface area contributed by atoms with Gasteiger partial charge in [-0.15, -0.1) is 0 Å². The van der Waals surface area contributed by atoms with Gasteiger partial charge in [-0.05, 0) is 31.2 Å². The van der Waals surface area contributed by atoms with Crippen LogP contribution in [-0.2, 0) is 9.47 Å². The van der Waals surface area contributed by atoms with Gasteiger partial charge >= 0.3 is 0 Å². The van der Waals surface area contributed by atoms with Crippen molar-refractivity contribution in [2.75, 3.05) is 26.9 Å². The number of hydrogen-bond acceptors (Lipinski definition) is 4. The molecular formula is C15H17NO3.